The van der Waals surface area contributed by atoms with Crippen LogP contribution in [0.1, 0.15) is 18.4 Å². The first kappa shape index (κ1) is 10.3. The Hall–Kier alpha value is -2.24. The zero-order valence-electron chi connectivity index (χ0n) is 8.85. The molecule has 6 heteroatoms. The molecule has 2 N–H and O–H groups in total. The molecule has 16 heavy (non-hydrogen) atoms. The Kier molecular flexibility index (Phi) is 2.90. The van der Waals surface area contributed by atoms with E-state index in [9.17, 15) is 0 Å². The molecule has 2 rings (SSSR count). The van der Waals surface area contributed by atoms with Crippen molar-refractivity contribution in [1.82, 2.24) is 20.3 Å². The van der Waals surface area contributed by atoms with E-state index in [1.165, 1.54) is 10.4 Å². The summed E-state index contributed by atoms with van der Waals surface area (Å²) in [6.45, 7) is 2.04. The SMILES string of the molecule is C[C@H](/C=N/n1nnnc1N)c1ccccc1. The number of nitrogen functional groups attached to an aromatic ring is 1. The Bertz CT molecular complexity index is 475. The van der Waals surface area contributed by atoms with Crippen molar-refractivity contribution in [3.63, 3.8) is 0 Å². The second-order valence-corrected chi connectivity index (χ2v) is 3.39. The number of aromatic nitrogens is 4. The van der Waals surface area contributed by atoms with Gasteiger partial charge in [0.05, 0.1) is 0 Å². The van der Waals surface area contributed by atoms with Crippen LogP contribution in [0.2, 0.25) is 0 Å². The summed E-state index contributed by atoms with van der Waals surface area (Å²) in [6, 6.07) is 10.0. The van der Waals surface area contributed by atoms with Crippen LogP contribution >= 0.6 is 0 Å². The van der Waals surface area contributed by atoms with Gasteiger partial charge < -0.3 is 5.73 Å². The molecule has 0 aliphatic heterocycles. The number of nitrogens with two attached hydrogens (primary N) is 1. The highest BCUT2D eigenvalue weighted by Crippen LogP contribution is 2.11. The molecule has 0 fully saturated rings. The van der Waals surface area contributed by atoms with Gasteiger partial charge in [0, 0.05) is 12.1 Å². The molecular formula is C10H12N6. The molecule has 0 spiro atoms. The summed E-state index contributed by atoms with van der Waals surface area (Å²) in [5.74, 6) is 0.362. The summed E-state index contributed by atoms with van der Waals surface area (Å²) in [7, 11) is 0. The topological polar surface area (TPSA) is 82.0 Å². The maximum absolute atomic E-state index is 5.48. The van der Waals surface area contributed by atoms with Crippen LogP contribution in [0.25, 0.3) is 0 Å². The highest BCUT2D eigenvalue weighted by molar-refractivity contribution is 5.67. The fraction of sp³-hybridized carbons (Fsp3) is 0.200. The zero-order chi connectivity index (χ0) is 11.4. The van der Waals surface area contributed by atoms with Crippen molar-refractivity contribution >= 4 is 12.2 Å². The first-order valence-corrected chi connectivity index (χ1v) is 4.90. The highest BCUT2D eigenvalue weighted by Gasteiger charge is 2.02. The van der Waals surface area contributed by atoms with Crippen LogP contribution in [0, 0.1) is 0 Å². The van der Waals surface area contributed by atoms with Crippen molar-refractivity contribution in [2.45, 2.75) is 12.8 Å². The van der Waals surface area contributed by atoms with Gasteiger partial charge in [0.1, 0.15) is 0 Å². The van der Waals surface area contributed by atoms with Crippen molar-refractivity contribution in [2.24, 2.45) is 5.10 Å². The molecule has 0 aliphatic rings. The van der Waals surface area contributed by atoms with Crippen LogP contribution in [0.4, 0.5) is 5.95 Å². The van der Waals surface area contributed by atoms with E-state index in [0.717, 1.165) is 0 Å². The third kappa shape index (κ3) is 2.22. The van der Waals surface area contributed by atoms with Gasteiger partial charge in [0.25, 0.3) is 5.95 Å². The van der Waals surface area contributed by atoms with Crippen molar-refractivity contribution < 1.29 is 0 Å². The summed E-state index contributed by atoms with van der Waals surface area (Å²) in [4.78, 5) is 1.19. The number of hydrogen-bond acceptors (Lipinski definition) is 5. The normalized spacial score (nSPS) is 13.1. The lowest BCUT2D eigenvalue weighted by Crippen LogP contribution is -2.02. The fourth-order valence-electron chi connectivity index (χ4n) is 1.28. The van der Waals surface area contributed by atoms with E-state index in [-0.39, 0.29) is 11.9 Å². The number of nitrogens with zero attached hydrogens (tertiary/aromatic N) is 5. The Balaban J connectivity index is 2.11. The molecule has 0 radical (unpaired) electrons. The van der Waals surface area contributed by atoms with Crippen molar-refractivity contribution in [1.29, 1.82) is 0 Å². The molecule has 1 heterocycles. The summed E-state index contributed by atoms with van der Waals surface area (Å²) in [6.07, 6.45) is 1.75. The molecule has 1 aromatic carbocycles. The number of anilines is 1. The summed E-state index contributed by atoms with van der Waals surface area (Å²) >= 11 is 0. The third-order valence-corrected chi connectivity index (χ3v) is 2.20. The Labute approximate surface area is 92.8 Å². The molecular weight excluding hydrogens is 204 g/mol. The van der Waals surface area contributed by atoms with Crippen LogP contribution < -0.4 is 5.73 Å². The van der Waals surface area contributed by atoms with E-state index in [1.54, 1.807) is 6.21 Å². The van der Waals surface area contributed by atoms with Gasteiger partial charge in [-0.05, 0) is 16.0 Å². The summed E-state index contributed by atoms with van der Waals surface area (Å²) in [5, 5.41) is 14.6. The summed E-state index contributed by atoms with van der Waals surface area (Å²) < 4.78 is 0. The summed E-state index contributed by atoms with van der Waals surface area (Å²) in [5.41, 5.74) is 6.66. The minimum absolute atomic E-state index is 0.177. The van der Waals surface area contributed by atoms with Gasteiger partial charge in [-0.25, -0.2) is 0 Å². The Morgan fingerprint density at radius 1 is 1.38 bits per heavy atom. The predicted octanol–water partition coefficient (Wildman–Crippen LogP) is 0.893. The predicted molar refractivity (Wildman–Crippen MR) is 61.0 cm³/mol. The second kappa shape index (κ2) is 4.52. The van der Waals surface area contributed by atoms with Crippen LogP contribution in [0.15, 0.2) is 35.4 Å². The molecule has 0 bridgehead atoms. The van der Waals surface area contributed by atoms with Gasteiger partial charge in [0.2, 0.25) is 0 Å². The molecule has 6 nitrogen and oxygen atoms in total. The zero-order valence-corrected chi connectivity index (χ0v) is 8.85. The van der Waals surface area contributed by atoms with Gasteiger partial charge in [-0.15, -0.1) is 0 Å². The monoisotopic (exact) mass is 216 g/mol. The lowest BCUT2D eigenvalue weighted by molar-refractivity contribution is 0.695. The first-order chi connectivity index (χ1) is 7.77. The quantitative estimate of drug-likeness (QED) is 0.772. The van der Waals surface area contributed by atoms with Crippen LogP contribution in [0.3, 0.4) is 0 Å². The minimum atomic E-state index is 0.177. The highest BCUT2D eigenvalue weighted by atomic mass is 15.7. The maximum atomic E-state index is 5.48. The Morgan fingerprint density at radius 2 is 2.12 bits per heavy atom. The van der Waals surface area contributed by atoms with E-state index >= 15 is 0 Å². The molecule has 0 saturated heterocycles. The van der Waals surface area contributed by atoms with E-state index in [2.05, 4.69) is 20.6 Å². The third-order valence-electron chi connectivity index (χ3n) is 2.20. The van der Waals surface area contributed by atoms with Crippen LogP contribution in [0.5, 0.6) is 0 Å². The smallest absolute Gasteiger partial charge is 0.263 e. The number of tetrazole rings is 1. The second-order valence-electron chi connectivity index (χ2n) is 3.39. The standard InChI is InChI=1S/C10H12N6/c1-8(9-5-3-2-4-6-9)7-12-16-10(11)13-14-15-16/h2-8H,1H3,(H2,11,13,15)/b12-7+/t8-/m1/s1. The maximum Gasteiger partial charge on any atom is 0.263 e. The number of hydrogen-bond donors (Lipinski definition) is 1. The minimum Gasteiger partial charge on any atom is -0.365 e. The van der Waals surface area contributed by atoms with Gasteiger partial charge in [-0.3, -0.25) is 0 Å². The molecule has 1 atom stereocenters. The van der Waals surface area contributed by atoms with E-state index < -0.39 is 0 Å². The van der Waals surface area contributed by atoms with Gasteiger partial charge in [-0.2, -0.15) is 5.10 Å². The molecule has 0 saturated carbocycles. The Morgan fingerprint density at radius 3 is 2.75 bits per heavy atom. The van der Waals surface area contributed by atoms with Crippen LogP contribution in [-0.2, 0) is 0 Å². The van der Waals surface area contributed by atoms with Gasteiger partial charge >= 0.3 is 0 Å². The fourth-order valence-corrected chi connectivity index (χ4v) is 1.28. The first-order valence-electron chi connectivity index (χ1n) is 4.90. The largest absolute Gasteiger partial charge is 0.365 e. The molecule has 0 amide bonds. The molecule has 82 valence electrons. The van der Waals surface area contributed by atoms with Crippen molar-refractivity contribution in [2.75, 3.05) is 5.73 Å². The molecule has 2 aromatic rings. The van der Waals surface area contributed by atoms with E-state index in [0.29, 0.717) is 0 Å². The van der Waals surface area contributed by atoms with Crippen molar-refractivity contribution in [3.8, 4) is 0 Å². The molecule has 1 aromatic heterocycles. The van der Waals surface area contributed by atoms with Gasteiger partial charge in [-0.1, -0.05) is 47.1 Å². The molecule has 0 aliphatic carbocycles. The van der Waals surface area contributed by atoms with Crippen molar-refractivity contribution in [3.05, 3.63) is 35.9 Å². The average molecular weight is 216 g/mol. The lowest BCUT2D eigenvalue weighted by Gasteiger charge is -2.04. The van der Waals surface area contributed by atoms with E-state index in [1.807, 2.05) is 37.3 Å². The van der Waals surface area contributed by atoms with E-state index in [4.69, 9.17) is 5.73 Å². The lowest BCUT2D eigenvalue weighted by atomic mass is 10.0. The number of rotatable bonds is 3. The molecule has 0 unspecified atom stereocenters. The number of benzene rings is 1. The average Bonchev–Trinajstić information content (AvgIpc) is 2.73. The van der Waals surface area contributed by atoms with Crippen LogP contribution in [-0.4, -0.2) is 26.5 Å². The van der Waals surface area contributed by atoms with Gasteiger partial charge in [0.15, 0.2) is 0 Å².